The predicted molar refractivity (Wildman–Crippen MR) is 87.8 cm³/mol. The highest BCUT2D eigenvalue weighted by Gasteiger charge is 2.30. The third-order valence-corrected chi connectivity index (χ3v) is 6.14. The lowest BCUT2D eigenvalue weighted by atomic mass is 9.97. The first-order valence-electron chi connectivity index (χ1n) is 7.93. The van der Waals surface area contributed by atoms with Crippen LogP contribution in [0.3, 0.4) is 0 Å². The Morgan fingerprint density at radius 3 is 2.29 bits per heavy atom. The maximum Gasteiger partial charge on any atom is 0.227 e. The van der Waals surface area contributed by atoms with Gasteiger partial charge in [0.25, 0.3) is 0 Å². The number of hydrogen-bond acceptors (Lipinski definition) is 5. The molecule has 0 radical (unpaired) electrons. The smallest absolute Gasteiger partial charge is 0.227 e. The zero-order valence-corrected chi connectivity index (χ0v) is 14.3. The zero-order valence-electron chi connectivity index (χ0n) is 13.5. The molecule has 1 aliphatic heterocycles. The van der Waals surface area contributed by atoms with Crippen LogP contribution in [-0.4, -0.2) is 43.4 Å². The van der Waals surface area contributed by atoms with Gasteiger partial charge in [0.1, 0.15) is 0 Å². The van der Waals surface area contributed by atoms with Gasteiger partial charge in [-0.1, -0.05) is 19.1 Å². The van der Waals surface area contributed by atoms with Crippen LogP contribution in [0.4, 0.5) is 5.69 Å². The second kappa shape index (κ2) is 7.76. The van der Waals surface area contributed by atoms with E-state index >= 15 is 0 Å². The highest BCUT2D eigenvalue weighted by Crippen LogP contribution is 2.22. The van der Waals surface area contributed by atoms with Crippen molar-refractivity contribution in [3.8, 4) is 0 Å². The molecule has 0 aliphatic carbocycles. The van der Waals surface area contributed by atoms with E-state index in [1.54, 1.807) is 0 Å². The number of rotatable bonds is 6. The Bertz CT molecular complexity index is 692. The third-order valence-electron chi connectivity index (χ3n) is 4.07. The maximum atomic E-state index is 12.3. The lowest BCUT2D eigenvalue weighted by Crippen LogP contribution is -2.42. The zero-order chi connectivity index (χ0) is 17.7. The number of carbonyl (C=O) groups excluding carboxylic acids is 2. The Labute approximate surface area is 141 Å². The quantitative estimate of drug-likeness (QED) is 0.799. The molecule has 0 spiro atoms. The normalized spacial score (nSPS) is 16.7. The molecular formula is C16H21N2O5S-. The van der Waals surface area contributed by atoms with Crippen LogP contribution in [0.25, 0.3) is 0 Å². The van der Waals surface area contributed by atoms with Crippen molar-refractivity contribution in [2.75, 3.05) is 24.2 Å². The molecule has 1 aromatic carbocycles. The number of benzene rings is 1. The number of carbonyl (C=O) groups is 2. The van der Waals surface area contributed by atoms with E-state index in [1.165, 1.54) is 28.6 Å². The highest BCUT2D eigenvalue weighted by atomic mass is 32.2. The van der Waals surface area contributed by atoms with Crippen molar-refractivity contribution in [1.29, 1.82) is 0 Å². The molecule has 132 valence electrons. The summed E-state index contributed by atoms with van der Waals surface area (Å²) < 4.78 is 25.5. The van der Waals surface area contributed by atoms with Crippen molar-refractivity contribution >= 4 is 27.6 Å². The first-order valence-corrected chi connectivity index (χ1v) is 9.54. The summed E-state index contributed by atoms with van der Waals surface area (Å²) in [6.07, 6.45) is 1.53. The fourth-order valence-electron chi connectivity index (χ4n) is 2.72. The van der Waals surface area contributed by atoms with Crippen LogP contribution >= 0.6 is 0 Å². The topological polar surface area (TPSA) is 107 Å². The van der Waals surface area contributed by atoms with Crippen LogP contribution in [0.5, 0.6) is 0 Å². The molecule has 0 bridgehead atoms. The summed E-state index contributed by atoms with van der Waals surface area (Å²) in [7, 11) is -3.21. The molecule has 8 heteroatoms. The molecule has 2 rings (SSSR count). The maximum absolute atomic E-state index is 12.3. The molecule has 0 aromatic heterocycles. The minimum Gasteiger partial charge on any atom is -0.545 e. The van der Waals surface area contributed by atoms with Gasteiger partial charge in [-0.15, -0.1) is 0 Å². The fourth-order valence-corrected chi connectivity index (χ4v) is 4.26. The van der Waals surface area contributed by atoms with E-state index in [1.807, 2.05) is 6.92 Å². The van der Waals surface area contributed by atoms with Gasteiger partial charge in [-0.05, 0) is 37.0 Å². The Morgan fingerprint density at radius 1 is 1.21 bits per heavy atom. The Kier molecular flexibility index (Phi) is 5.95. The number of amides is 1. The van der Waals surface area contributed by atoms with Crippen molar-refractivity contribution in [2.24, 2.45) is 5.92 Å². The standard InChI is InChI=1S/C16H22N2O5S/c1-2-11-24(22,23)18-9-7-12(8-10-18)15(19)17-14-5-3-13(4-6-14)16(20)21/h3-6,12H,2,7-11H2,1H3,(H,17,19)(H,20,21)/p-1. The number of anilines is 1. The van der Waals surface area contributed by atoms with Crippen LogP contribution in [-0.2, 0) is 14.8 Å². The van der Waals surface area contributed by atoms with Gasteiger partial charge in [0.05, 0.1) is 11.7 Å². The van der Waals surface area contributed by atoms with E-state index in [2.05, 4.69) is 5.32 Å². The van der Waals surface area contributed by atoms with Crippen molar-refractivity contribution in [2.45, 2.75) is 26.2 Å². The molecule has 1 fully saturated rings. The molecule has 1 heterocycles. The predicted octanol–water partition coefficient (Wildman–Crippen LogP) is 0.440. The summed E-state index contributed by atoms with van der Waals surface area (Å²) in [5.74, 6) is -1.56. The first kappa shape index (κ1) is 18.4. The van der Waals surface area contributed by atoms with Crippen molar-refractivity contribution in [3.05, 3.63) is 29.8 Å². The van der Waals surface area contributed by atoms with E-state index in [9.17, 15) is 23.1 Å². The van der Waals surface area contributed by atoms with Gasteiger partial charge in [-0.3, -0.25) is 4.79 Å². The molecule has 1 N–H and O–H groups in total. The minimum atomic E-state index is -3.21. The summed E-state index contributed by atoms with van der Waals surface area (Å²) in [6, 6.07) is 5.74. The van der Waals surface area contributed by atoms with Gasteiger partial charge in [-0.2, -0.15) is 0 Å². The third kappa shape index (κ3) is 4.55. The van der Waals surface area contributed by atoms with Crippen molar-refractivity contribution in [1.82, 2.24) is 4.31 Å². The lowest BCUT2D eigenvalue weighted by molar-refractivity contribution is -0.255. The average Bonchev–Trinajstić information content (AvgIpc) is 2.55. The molecule has 1 aromatic rings. The van der Waals surface area contributed by atoms with Crippen LogP contribution < -0.4 is 10.4 Å². The summed E-state index contributed by atoms with van der Waals surface area (Å²) in [5, 5.41) is 13.4. The van der Waals surface area contributed by atoms with Gasteiger partial charge in [0, 0.05) is 24.7 Å². The second-order valence-corrected chi connectivity index (χ2v) is 7.93. The van der Waals surface area contributed by atoms with Gasteiger partial charge in [0.15, 0.2) is 0 Å². The number of carboxylic acid groups (broad SMARTS) is 1. The Balaban J connectivity index is 1.90. The molecule has 1 aliphatic rings. The largest absolute Gasteiger partial charge is 0.545 e. The number of hydrogen-bond donors (Lipinski definition) is 1. The van der Waals surface area contributed by atoms with Crippen molar-refractivity contribution < 1.29 is 23.1 Å². The molecule has 0 atom stereocenters. The highest BCUT2D eigenvalue weighted by molar-refractivity contribution is 7.89. The lowest BCUT2D eigenvalue weighted by Gasteiger charge is -2.30. The number of carboxylic acids is 1. The number of piperidine rings is 1. The second-order valence-electron chi connectivity index (χ2n) is 5.84. The van der Waals surface area contributed by atoms with Gasteiger partial charge >= 0.3 is 0 Å². The molecule has 1 saturated heterocycles. The number of aromatic carboxylic acids is 1. The summed E-state index contributed by atoms with van der Waals surface area (Å²) in [5.41, 5.74) is 0.550. The van der Waals surface area contributed by atoms with E-state index < -0.39 is 16.0 Å². The van der Waals surface area contributed by atoms with Crippen LogP contribution in [0.1, 0.15) is 36.5 Å². The summed E-state index contributed by atoms with van der Waals surface area (Å²) in [6.45, 7) is 2.53. The van der Waals surface area contributed by atoms with Crippen LogP contribution in [0.15, 0.2) is 24.3 Å². The monoisotopic (exact) mass is 353 g/mol. The van der Waals surface area contributed by atoms with Crippen molar-refractivity contribution in [3.63, 3.8) is 0 Å². The molecule has 0 unspecified atom stereocenters. The van der Waals surface area contributed by atoms with Crippen LogP contribution in [0, 0.1) is 5.92 Å². The molecular weight excluding hydrogens is 332 g/mol. The average molecular weight is 353 g/mol. The van der Waals surface area contributed by atoms with Gasteiger partial charge < -0.3 is 15.2 Å². The summed E-state index contributed by atoms with van der Waals surface area (Å²) >= 11 is 0. The number of nitrogens with zero attached hydrogens (tertiary/aromatic N) is 1. The summed E-state index contributed by atoms with van der Waals surface area (Å²) in [4.78, 5) is 22.9. The Hall–Kier alpha value is -1.93. The van der Waals surface area contributed by atoms with E-state index in [4.69, 9.17) is 0 Å². The number of nitrogens with one attached hydrogen (secondary N) is 1. The Morgan fingerprint density at radius 2 is 1.79 bits per heavy atom. The van der Waals surface area contributed by atoms with Crippen LogP contribution in [0.2, 0.25) is 0 Å². The molecule has 7 nitrogen and oxygen atoms in total. The molecule has 24 heavy (non-hydrogen) atoms. The van der Waals surface area contributed by atoms with E-state index in [-0.39, 0.29) is 23.1 Å². The minimum absolute atomic E-state index is 0.0439. The van der Waals surface area contributed by atoms with E-state index in [0.717, 1.165) is 0 Å². The SMILES string of the molecule is CCCS(=O)(=O)N1CCC(C(=O)Nc2ccc(C(=O)[O-])cc2)CC1. The molecule has 1 amide bonds. The van der Waals surface area contributed by atoms with Gasteiger partial charge in [0.2, 0.25) is 15.9 Å². The van der Waals surface area contributed by atoms with Gasteiger partial charge in [-0.25, -0.2) is 12.7 Å². The molecule has 0 saturated carbocycles. The fraction of sp³-hybridized carbons (Fsp3) is 0.500. The first-order chi connectivity index (χ1) is 11.3. The van der Waals surface area contributed by atoms with E-state index in [0.29, 0.717) is 38.0 Å². The number of sulfonamides is 1.